The van der Waals surface area contributed by atoms with Crippen molar-refractivity contribution in [2.75, 3.05) is 0 Å². The summed E-state index contributed by atoms with van der Waals surface area (Å²) >= 11 is 0. The summed E-state index contributed by atoms with van der Waals surface area (Å²) in [4.78, 5) is 13.1. The van der Waals surface area contributed by atoms with Gasteiger partial charge in [0.2, 0.25) is 0 Å². The van der Waals surface area contributed by atoms with Gasteiger partial charge in [-0.1, -0.05) is 42.5 Å². The minimum Gasteiger partial charge on any atom is -0.490 e. The second kappa shape index (κ2) is 5.36. The lowest BCUT2D eigenvalue weighted by atomic mass is 9.87. The quantitative estimate of drug-likeness (QED) is 0.759. The van der Waals surface area contributed by atoms with Crippen molar-refractivity contribution in [3.05, 3.63) is 65.7 Å². The van der Waals surface area contributed by atoms with Crippen molar-refractivity contribution < 1.29 is 9.53 Å². The van der Waals surface area contributed by atoms with E-state index in [-0.39, 0.29) is 17.3 Å². The normalized spacial score (nSPS) is 15.8. The van der Waals surface area contributed by atoms with Crippen molar-refractivity contribution in [2.45, 2.75) is 38.2 Å². The fourth-order valence-electron chi connectivity index (χ4n) is 2.80. The molecule has 1 aliphatic rings. The van der Waals surface area contributed by atoms with Crippen molar-refractivity contribution in [2.24, 2.45) is 0 Å². The van der Waals surface area contributed by atoms with E-state index in [9.17, 15) is 4.79 Å². The van der Waals surface area contributed by atoms with E-state index in [1.54, 1.807) is 0 Å². The molecular weight excluding hydrogens is 260 g/mol. The third-order valence-electron chi connectivity index (χ3n) is 4.01. The van der Waals surface area contributed by atoms with Gasteiger partial charge in [0.25, 0.3) is 0 Å². The molecule has 1 fully saturated rings. The zero-order chi connectivity index (χ0) is 14.9. The van der Waals surface area contributed by atoms with Crippen molar-refractivity contribution in [3.63, 3.8) is 0 Å². The number of hydrogen-bond acceptors (Lipinski definition) is 2. The van der Waals surface area contributed by atoms with Crippen LogP contribution in [0.15, 0.2) is 54.6 Å². The molecule has 1 aliphatic carbocycles. The number of Topliss-reactive ketones (excluding diaryl/α,β-unsaturated/α-hetero) is 1. The third-order valence-corrected chi connectivity index (χ3v) is 4.01. The Hall–Kier alpha value is -2.09. The number of para-hydroxylation sites is 1. The number of carbonyl (C=O) groups is 1. The number of hydrogen-bond donors (Lipinski definition) is 0. The number of carbonyl (C=O) groups excluding carboxylic acids is 1. The Morgan fingerprint density at radius 2 is 1.62 bits per heavy atom. The van der Waals surface area contributed by atoms with Gasteiger partial charge in [0.15, 0.2) is 5.78 Å². The molecule has 0 radical (unpaired) electrons. The van der Waals surface area contributed by atoms with Gasteiger partial charge in [-0.15, -0.1) is 0 Å². The van der Waals surface area contributed by atoms with Gasteiger partial charge in [-0.3, -0.25) is 4.79 Å². The van der Waals surface area contributed by atoms with Gasteiger partial charge < -0.3 is 4.74 Å². The summed E-state index contributed by atoms with van der Waals surface area (Å²) in [6.45, 7) is 3.96. The number of ketones is 1. The van der Waals surface area contributed by atoms with Gasteiger partial charge in [0.1, 0.15) is 5.75 Å². The average molecular weight is 280 g/mol. The van der Waals surface area contributed by atoms with Crippen LogP contribution in [0.25, 0.3) is 0 Å². The zero-order valence-corrected chi connectivity index (χ0v) is 12.5. The molecule has 0 atom stereocenters. The highest BCUT2D eigenvalue weighted by molar-refractivity contribution is 6.08. The van der Waals surface area contributed by atoms with Crippen LogP contribution >= 0.6 is 0 Å². The Bertz CT molecular complexity index is 640. The monoisotopic (exact) mass is 280 g/mol. The molecule has 2 aromatic carbocycles. The van der Waals surface area contributed by atoms with Crippen molar-refractivity contribution in [1.82, 2.24) is 0 Å². The molecule has 0 unspecified atom stereocenters. The van der Waals surface area contributed by atoms with Crippen LogP contribution in [0.2, 0.25) is 0 Å². The highest BCUT2D eigenvalue weighted by Gasteiger charge is 2.51. The molecule has 0 heterocycles. The maximum atomic E-state index is 13.1. The molecule has 2 aromatic rings. The fraction of sp³-hybridized carbons (Fsp3) is 0.316. The molecule has 3 rings (SSSR count). The smallest absolute Gasteiger partial charge is 0.177 e. The van der Waals surface area contributed by atoms with E-state index in [2.05, 4.69) is 12.1 Å². The van der Waals surface area contributed by atoms with Crippen molar-refractivity contribution in [1.29, 1.82) is 0 Å². The van der Waals surface area contributed by atoms with E-state index in [0.29, 0.717) is 11.3 Å². The maximum Gasteiger partial charge on any atom is 0.177 e. The van der Waals surface area contributed by atoms with E-state index < -0.39 is 0 Å². The van der Waals surface area contributed by atoms with Crippen LogP contribution in [0.1, 0.15) is 42.6 Å². The van der Waals surface area contributed by atoms with Gasteiger partial charge in [0.05, 0.1) is 17.1 Å². The highest BCUT2D eigenvalue weighted by Crippen LogP contribution is 2.51. The number of benzene rings is 2. The standard InChI is InChI=1S/C19H20O2/c1-14(2)21-17-11-7-6-10-16(17)18(20)19(12-13-19)15-8-4-3-5-9-15/h3-11,14H,12-13H2,1-2H3. The van der Waals surface area contributed by atoms with E-state index >= 15 is 0 Å². The summed E-state index contributed by atoms with van der Waals surface area (Å²) in [5, 5.41) is 0. The second-order valence-corrected chi connectivity index (χ2v) is 5.94. The average Bonchev–Trinajstić information content (AvgIpc) is 3.29. The SMILES string of the molecule is CC(C)Oc1ccccc1C(=O)C1(c2ccccc2)CC1. The summed E-state index contributed by atoms with van der Waals surface area (Å²) in [5.74, 6) is 0.879. The van der Waals surface area contributed by atoms with Crippen LogP contribution in [0, 0.1) is 0 Å². The predicted molar refractivity (Wildman–Crippen MR) is 83.9 cm³/mol. The zero-order valence-electron chi connectivity index (χ0n) is 12.5. The largest absolute Gasteiger partial charge is 0.490 e. The lowest BCUT2D eigenvalue weighted by molar-refractivity contribution is 0.0940. The van der Waals surface area contributed by atoms with Crippen molar-refractivity contribution >= 4 is 5.78 Å². The van der Waals surface area contributed by atoms with E-state index in [1.807, 2.05) is 56.3 Å². The van der Waals surface area contributed by atoms with Crippen LogP contribution < -0.4 is 4.74 Å². The van der Waals surface area contributed by atoms with Gasteiger partial charge in [0, 0.05) is 0 Å². The first kappa shape index (κ1) is 13.9. The molecule has 0 N–H and O–H groups in total. The summed E-state index contributed by atoms with van der Waals surface area (Å²) < 4.78 is 5.80. The minimum absolute atomic E-state index is 0.0610. The Kier molecular flexibility index (Phi) is 3.54. The van der Waals surface area contributed by atoms with Crippen LogP contribution in [0.4, 0.5) is 0 Å². The van der Waals surface area contributed by atoms with Gasteiger partial charge >= 0.3 is 0 Å². The van der Waals surface area contributed by atoms with E-state index in [0.717, 1.165) is 18.4 Å². The lowest BCUT2D eigenvalue weighted by Gasteiger charge is -2.18. The van der Waals surface area contributed by atoms with Gasteiger partial charge in [-0.25, -0.2) is 0 Å². The molecule has 108 valence electrons. The number of ether oxygens (including phenoxy) is 1. The first-order chi connectivity index (χ1) is 10.1. The highest BCUT2D eigenvalue weighted by atomic mass is 16.5. The third kappa shape index (κ3) is 2.58. The fourth-order valence-corrected chi connectivity index (χ4v) is 2.80. The first-order valence-electron chi connectivity index (χ1n) is 7.49. The molecule has 0 aromatic heterocycles. The van der Waals surface area contributed by atoms with Gasteiger partial charge in [-0.05, 0) is 44.4 Å². The van der Waals surface area contributed by atoms with E-state index in [1.165, 1.54) is 0 Å². The summed E-state index contributed by atoms with van der Waals surface area (Å²) in [6.07, 6.45) is 1.91. The van der Waals surface area contributed by atoms with Crippen LogP contribution in [0.3, 0.4) is 0 Å². The molecule has 21 heavy (non-hydrogen) atoms. The van der Waals surface area contributed by atoms with Gasteiger partial charge in [-0.2, -0.15) is 0 Å². The van der Waals surface area contributed by atoms with Crippen LogP contribution in [-0.2, 0) is 5.41 Å². The number of rotatable bonds is 5. The summed E-state index contributed by atoms with van der Waals surface area (Å²) in [6, 6.07) is 17.7. The molecule has 2 heteroatoms. The summed E-state index contributed by atoms with van der Waals surface area (Å²) in [5.41, 5.74) is 1.49. The Labute approximate surface area is 125 Å². The molecule has 0 amide bonds. The second-order valence-electron chi connectivity index (χ2n) is 5.94. The predicted octanol–water partition coefficient (Wildman–Crippen LogP) is 4.39. The minimum atomic E-state index is -0.336. The Morgan fingerprint density at radius 3 is 2.24 bits per heavy atom. The lowest BCUT2D eigenvalue weighted by Crippen LogP contribution is -2.22. The molecule has 2 nitrogen and oxygen atoms in total. The first-order valence-corrected chi connectivity index (χ1v) is 7.49. The van der Waals surface area contributed by atoms with Crippen molar-refractivity contribution in [3.8, 4) is 5.75 Å². The molecule has 0 aliphatic heterocycles. The summed E-state index contributed by atoms with van der Waals surface area (Å²) in [7, 11) is 0. The van der Waals surface area contributed by atoms with E-state index in [4.69, 9.17) is 4.74 Å². The molecular formula is C19H20O2. The Morgan fingerprint density at radius 1 is 1.00 bits per heavy atom. The van der Waals surface area contributed by atoms with Crippen LogP contribution in [-0.4, -0.2) is 11.9 Å². The molecule has 0 spiro atoms. The molecule has 0 bridgehead atoms. The topological polar surface area (TPSA) is 26.3 Å². The molecule has 1 saturated carbocycles. The van der Waals surface area contributed by atoms with Crippen LogP contribution in [0.5, 0.6) is 5.75 Å². The molecule has 0 saturated heterocycles. The maximum absolute atomic E-state index is 13.1. The Balaban J connectivity index is 1.96.